The second-order valence-corrected chi connectivity index (χ2v) is 6.98. The van der Waals surface area contributed by atoms with E-state index in [-0.39, 0.29) is 11.8 Å². The van der Waals surface area contributed by atoms with Gasteiger partial charge in [0.2, 0.25) is 5.91 Å². The maximum atomic E-state index is 12.8. The number of rotatable bonds is 5. The lowest BCUT2D eigenvalue weighted by molar-refractivity contribution is -0.131. The maximum absolute atomic E-state index is 12.8. The molecule has 0 atom stereocenters. The monoisotopic (exact) mass is 402 g/mol. The minimum Gasteiger partial charge on any atom is -0.493 e. The fraction of sp³-hybridized carbons (Fsp3) is 0.333. The lowest BCUT2D eigenvalue weighted by Crippen LogP contribution is -2.51. The summed E-state index contributed by atoms with van der Waals surface area (Å²) in [6.07, 6.45) is 0.334. The van der Waals surface area contributed by atoms with Crippen molar-refractivity contribution in [2.75, 3.05) is 40.4 Å². The van der Waals surface area contributed by atoms with Crippen molar-refractivity contribution in [1.82, 2.24) is 9.80 Å². The lowest BCUT2D eigenvalue weighted by Gasteiger charge is -2.35. The molecule has 1 heterocycles. The molecule has 1 aliphatic heterocycles. The van der Waals surface area contributed by atoms with Gasteiger partial charge in [-0.15, -0.1) is 0 Å². The van der Waals surface area contributed by atoms with Crippen LogP contribution < -0.4 is 9.47 Å². The van der Waals surface area contributed by atoms with Crippen LogP contribution in [0.25, 0.3) is 0 Å². The number of benzene rings is 2. The molecule has 7 heteroatoms. The summed E-state index contributed by atoms with van der Waals surface area (Å²) in [6.45, 7) is 2.04. The molecule has 0 unspecified atom stereocenters. The van der Waals surface area contributed by atoms with E-state index in [0.717, 1.165) is 5.56 Å². The van der Waals surface area contributed by atoms with Crippen LogP contribution in [0.3, 0.4) is 0 Å². The van der Waals surface area contributed by atoms with Gasteiger partial charge in [0.25, 0.3) is 5.91 Å². The Morgan fingerprint density at radius 3 is 2.11 bits per heavy atom. The zero-order valence-electron chi connectivity index (χ0n) is 16.0. The van der Waals surface area contributed by atoms with Crippen molar-refractivity contribution < 1.29 is 19.1 Å². The Morgan fingerprint density at radius 1 is 0.893 bits per heavy atom. The van der Waals surface area contributed by atoms with Crippen molar-refractivity contribution in [3.63, 3.8) is 0 Å². The molecular weight excluding hydrogens is 380 g/mol. The highest BCUT2D eigenvalue weighted by molar-refractivity contribution is 6.30. The first kappa shape index (κ1) is 20.0. The molecule has 2 aromatic carbocycles. The van der Waals surface area contributed by atoms with Gasteiger partial charge in [-0.2, -0.15) is 0 Å². The Balaban J connectivity index is 1.58. The Kier molecular flexibility index (Phi) is 6.41. The van der Waals surface area contributed by atoms with Gasteiger partial charge in [0.05, 0.1) is 20.6 Å². The van der Waals surface area contributed by atoms with Crippen LogP contribution in [0, 0.1) is 0 Å². The molecular formula is C21H23ClN2O4. The summed E-state index contributed by atoms with van der Waals surface area (Å²) in [7, 11) is 3.09. The van der Waals surface area contributed by atoms with Crippen molar-refractivity contribution >= 4 is 23.4 Å². The van der Waals surface area contributed by atoms with Crippen LogP contribution in [0.1, 0.15) is 15.9 Å². The molecule has 3 rings (SSSR count). The molecule has 148 valence electrons. The van der Waals surface area contributed by atoms with Crippen LogP contribution in [0.15, 0.2) is 42.5 Å². The number of carbonyl (C=O) groups is 2. The van der Waals surface area contributed by atoms with Crippen LogP contribution in [-0.4, -0.2) is 62.0 Å². The first-order chi connectivity index (χ1) is 13.5. The summed E-state index contributed by atoms with van der Waals surface area (Å²) >= 11 is 5.88. The van der Waals surface area contributed by atoms with E-state index >= 15 is 0 Å². The Bertz CT molecular complexity index is 846. The number of ether oxygens (including phenoxy) is 2. The number of piperazine rings is 1. The van der Waals surface area contributed by atoms with Crippen molar-refractivity contribution in [3.8, 4) is 11.5 Å². The highest BCUT2D eigenvalue weighted by Gasteiger charge is 2.25. The molecule has 0 bridgehead atoms. The molecule has 0 spiro atoms. The van der Waals surface area contributed by atoms with E-state index in [2.05, 4.69) is 0 Å². The molecule has 0 N–H and O–H groups in total. The summed E-state index contributed by atoms with van der Waals surface area (Å²) in [5.74, 6) is 1.08. The number of hydrogen-bond acceptors (Lipinski definition) is 4. The molecule has 0 aliphatic carbocycles. The quantitative estimate of drug-likeness (QED) is 0.771. The maximum Gasteiger partial charge on any atom is 0.254 e. The average molecular weight is 403 g/mol. The number of methoxy groups -OCH3 is 2. The standard InChI is InChI=1S/C21H23ClN2O4/c1-27-18-8-5-16(14-19(18)28-2)21(26)24-11-9-23(10-12-24)20(25)13-15-3-6-17(22)7-4-15/h3-8,14H,9-13H2,1-2H3. The van der Waals surface area contributed by atoms with Gasteiger partial charge in [-0.3, -0.25) is 9.59 Å². The lowest BCUT2D eigenvalue weighted by atomic mass is 10.1. The molecule has 0 saturated carbocycles. The smallest absolute Gasteiger partial charge is 0.254 e. The van der Waals surface area contributed by atoms with Gasteiger partial charge >= 0.3 is 0 Å². The van der Waals surface area contributed by atoms with E-state index < -0.39 is 0 Å². The number of amides is 2. The first-order valence-electron chi connectivity index (χ1n) is 9.05. The van der Waals surface area contributed by atoms with Crippen LogP contribution in [0.2, 0.25) is 5.02 Å². The topological polar surface area (TPSA) is 59.1 Å². The number of carbonyl (C=O) groups excluding carboxylic acids is 2. The normalized spacial score (nSPS) is 14.0. The predicted molar refractivity (Wildman–Crippen MR) is 107 cm³/mol. The fourth-order valence-electron chi connectivity index (χ4n) is 3.20. The van der Waals surface area contributed by atoms with E-state index in [9.17, 15) is 9.59 Å². The zero-order valence-corrected chi connectivity index (χ0v) is 16.7. The third-order valence-corrected chi connectivity index (χ3v) is 5.07. The van der Waals surface area contributed by atoms with E-state index in [1.807, 2.05) is 12.1 Å². The third-order valence-electron chi connectivity index (χ3n) is 4.82. The first-order valence-corrected chi connectivity index (χ1v) is 9.43. The van der Waals surface area contributed by atoms with Crippen molar-refractivity contribution in [2.45, 2.75) is 6.42 Å². The number of hydrogen-bond donors (Lipinski definition) is 0. The molecule has 0 radical (unpaired) electrons. The number of halogens is 1. The Labute approximate surface area is 169 Å². The average Bonchev–Trinajstić information content (AvgIpc) is 2.74. The minimum absolute atomic E-state index is 0.0561. The van der Waals surface area contributed by atoms with Gasteiger partial charge in [0.15, 0.2) is 11.5 Å². The summed E-state index contributed by atoms with van der Waals surface area (Å²) in [4.78, 5) is 28.8. The van der Waals surface area contributed by atoms with Gasteiger partial charge in [-0.25, -0.2) is 0 Å². The highest BCUT2D eigenvalue weighted by atomic mass is 35.5. The molecule has 28 heavy (non-hydrogen) atoms. The van der Waals surface area contributed by atoms with Gasteiger partial charge < -0.3 is 19.3 Å². The van der Waals surface area contributed by atoms with E-state index in [0.29, 0.717) is 54.7 Å². The van der Waals surface area contributed by atoms with Gasteiger partial charge in [-0.1, -0.05) is 23.7 Å². The fourth-order valence-corrected chi connectivity index (χ4v) is 3.33. The molecule has 2 aromatic rings. The van der Waals surface area contributed by atoms with Crippen LogP contribution in [0.4, 0.5) is 0 Å². The number of nitrogens with zero attached hydrogens (tertiary/aromatic N) is 2. The Morgan fingerprint density at radius 2 is 1.50 bits per heavy atom. The third kappa shape index (κ3) is 4.57. The molecule has 1 saturated heterocycles. The molecule has 2 amide bonds. The molecule has 6 nitrogen and oxygen atoms in total. The largest absolute Gasteiger partial charge is 0.493 e. The molecule has 0 aromatic heterocycles. The second-order valence-electron chi connectivity index (χ2n) is 6.55. The van der Waals surface area contributed by atoms with Crippen LogP contribution in [-0.2, 0) is 11.2 Å². The highest BCUT2D eigenvalue weighted by Crippen LogP contribution is 2.28. The van der Waals surface area contributed by atoms with E-state index in [4.69, 9.17) is 21.1 Å². The van der Waals surface area contributed by atoms with Crippen LogP contribution >= 0.6 is 11.6 Å². The molecule has 1 aliphatic rings. The molecule has 1 fully saturated rings. The van der Waals surface area contributed by atoms with E-state index in [1.54, 1.807) is 47.2 Å². The zero-order chi connectivity index (χ0) is 20.1. The van der Waals surface area contributed by atoms with E-state index in [1.165, 1.54) is 7.11 Å². The van der Waals surface area contributed by atoms with Crippen molar-refractivity contribution in [3.05, 3.63) is 58.6 Å². The SMILES string of the molecule is COc1ccc(C(=O)N2CCN(C(=O)Cc3ccc(Cl)cc3)CC2)cc1OC. The van der Waals surface area contributed by atoms with Gasteiger partial charge in [0.1, 0.15) is 0 Å². The predicted octanol–water partition coefficient (Wildman–Crippen LogP) is 2.88. The summed E-state index contributed by atoms with van der Waals surface area (Å²) in [6, 6.07) is 12.4. The Hall–Kier alpha value is -2.73. The van der Waals surface area contributed by atoms with Crippen LogP contribution in [0.5, 0.6) is 11.5 Å². The van der Waals surface area contributed by atoms with Gasteiger partial charge in [-0.05, 0) is 35.9 Å². The second kappa shape index (κ2) is 8.97. The summed E-state index contributed by atoms with van der Waals surface area (Å²) in [5, 5.41) is 0.651. The van der Waals surface area contributed by atoms with Crippen molar-refractivity contribution in [1.29, 1.82) is 0 Å². The minimum atomic E-state index is -0.0780. The summed E-state index contributed by atoms with van der Waals surface area (Å²) < 4.78 is 10.5. The van der Waals surface area contributed by atoms with Gasteiger partial charge in [0, 0.05) is 36.8 Å². The van der Waals surface area contributed by atoms with Crippen molar-refractivity contribution in [2.24, 2.45) is 0 Å². The summed E-state index contributed by atoms with van der Waals surface area (Å²) in [5.41, 5.74) is 1.47.